The molecule has 0 bridgehead atoms. The largest absolute Gasteiger partial charge is 0.453 e. The van der Waals surface area contributed by atoms with Crippen molar-refractivity contribution < 1.29 is 28.8 Å². The van der Waals surface area contributed by atoms with E-state index in [0.717, 1.165) is 5.56 Å². The number of azide groups is 1. The van der Waals surface area contributed by atoms with Crippen LogP contribution in [0.15, 0.2) is 65.8 Å². The van der Waals surface area contributed by atoms with Crippen molar-refractivity contribution in [3.63, 3.8) is 0 Å². The molecule has 9 heteroatoms. The number of hydrogen-bond donors (Lipinski definition) is 1. The number of methoxy groups -OCH3 is 1. The third-order valence-corrected chi connectivity index (χ3v) is 4.71. The van der Waals surface area contributed by atoms with E-state index >= 15 is 0 Å². The lowest BCUT2D eigenvalue weighted by Crippen LogP contribution is -2.61. The lowest BCUT2D eigenvalue weighted by Gasteiger charge is -2.43. The molecular formula is C21H23N3O6. The Bertz CT molecular complexity index is 860. The van der Waals surface area contributed by atoms with Crippen LogP contribution >= 0.6 is 0 Å². The molecule has 1 aliphatic heterocycles. The summed E-state index contributed by atoms with van der Waals surface area (Å²) in [6.45, 7) is 0.0458. The Morgan fingerprint density at radius 3 is 2.43 bits per heavy atom. The van der Waals surface area contributed by atoms with Gasteiger partial charge >= 0.3 is 5.97 Å². The molecule has 0 aliphatic carbocycles. The Labute approximate surface area is 173 Å². The fourth-order valence-electron chi connectivity index (χ4n) is 3.19. The zero-order chi connectivity index (χ0) is 21.3. The third-order valence-electron chi connectivity index (χ3n) is 4.71. The van der Waals surface area contributed by atoms with Gasteiger partial charge in [-0.15, -0.1) is 0 Å². The summed E-state index contributed by atoms with van der Waals surface area (Å²) in [4.78, 5) is 15.3. The van der Waals surface area contributed by atoms with E-state index in [0.29, 0.717) is 5.56 Å². The second-order valence-corrected chi connectivity index (χ2v) is 6.68. The van der Waals surface area contributed by atoms with Gasteiger partial charge in [-0.3, -0.25) is 0 Å². The Hall–Kier alpha value is -2.94. The molecule has 5 atom stereocenters. The summed E-state index contributed by atoms with van der Waals surface area (Å²) in [6, 6.07) is 17.8. The number of carbonyl (C=O) groups is 1. The molecule has 0 spiro atoms. The summed E-state index contributed by atoms with van der Waals surface area (Å²) in [5.74, 6) is -0.618. The minimum Gasteiger partial charge on any atom is -0.453 e. The van der Waals surface area contributed by atoms with E-state index in [9.17, 15) is 9.90 Å². The van der Waals surface area contributed by atoms with Crippen LogP contribution in [0.1, 0.15) is 15.9 Å². The fourth-order valence-corrected chi connectivity index (χ4v) is 3.19. The van der Waals surface area contributed by atoms with E-state index in [1.807, 2.05) is 30.3 Å². The molecule has 9 nitrogen and oxygen atoms in total. The normalized spacial score (nSPS) is 25.9. The van der Waals surface area contributed by atoms with E-state index < -0.39 is 36.7 Å². The van der Waals surface area contributed by atoms with Gasteiger partial charge in [0.25, 0.3) is 0 Å². The molecule has 0 radical (unpaired) electrons. The Balaban J connectivity index is 1.82. The predicted molar refractivity (Wildman–Crippen MR) is 106 cm³/mol. The van der Waals surface area contributed by atoms with Gasteiger partial charge in [-0.1, -0.05) is 53.6 Å². The Morgan fingerprint density at radius 2 is 1.80 bits per heavy atom. The topological polar surface area (TPSA) is 123 Å². The van der Waals surface area contributed by atoms with E-state index in [-0.39, 0.29) is 13.2 Å². The highest BCUT2D eigenvalue weighted by molar-refractivity contribution is 5.89. The van der Waals surface area contributed by atoms with E-state index in [2.05, 4.69) is 10.0 Å². The van der Waals surface area contributed by atoms with Crippen LogP contribution < -0.4 is 0 Å². The smallest absolute Gasteiger partial charge is 0.338 e. The monoisotopic (exact) mass is 413 g/mol. The van der Waals surface area contributed by atoms with Crippen LogP contribution in [0.25, 0.3) is 10.4 Å². The number of benzene rings is 2. The third kappa shape index (κ3) is 5.35. The van der Waals surface area contributed by atoms with Crippen LogP contribution in [0.5, 0.6) is 0 Å². The average molecular weight is 413 g/mol. The van der Waals surface area contributed by atoms with Crippen molar-refractivity contribution in [2.75, 3.05) is 13.7 Å². The molecule has 2 aromatic rings. The number of rotatable bonds is 8. The van der Waals surface area contributed by atoms with Crippen LogP contribution in [0.3, 0.4) is 0 Å². The van der Waals surface area contributed by atoms with Crippen molar-refractivity contribution >= 4 is 5.97 Å². The first-order valence-corrected chi connectivity index (χ1v) is 9.42. The highest BCUT2D eigenvalue weighted by atomic mass is 16.7. The molecule has 3 rings (SSSR count). The SMILES string of the molecule is CO[C@H]1O[C@H](CN=[N+]=[N-])[C@@H](O)[C@H](OC(=O)c2ccccc2)[C@H]1OCc1ccccc1. The molecule has 0 amide bonds. The second-order valence-electron chi connectivity index (χ2n) is 6.68. The van der Waals surface area contributed by atoms with Crippen molar-refractivity contribution in [3.8, 4) is 0 Å². The van der Waals surface area contributed by atoms with Crippen molar-refractivity contribution in [3.05, 3.63) is 82.2 Å². The average Bonchev–Trinajstić information content (AvgIpc) is 2.79. The maximum atomic E-state index is 12.6. The zero-order valence-electron chi connectivity index (χ0n) is 16.4. The van der Waals surface area contributed by atoms with Gasteiger partial charge in [0.05, 0.1) is 24.8 Å². The summed E-state index contributed by atoms with van der Waals surface area (Å²) in [5.41, 5.74) is 9.83. The summed E-state index contributed by atoms with van der Waals surface area (Å²) >= 11 is 0. The number of ether oxygens (including phenoxy) is 4. The maximum Gasteiger partial charge on any atom is 0.338 e. The predicted octanol–water partition coefficient (Wildman–Crippen LogP) is 2.84. The van der Waals surface area contributed by atoms with Gasteiger partial charge in [0, 0.05) is 12.0 Å². The standard InChI is InChI=1S/C21H23N3O6/c1-27-21-19(28-13-14-8-4-2-5-9-14)18(17(25)16(29-21)12-23-24-22)30-20(26)15-10-6-3-7-11-15/h2-11,16-19,21,25H,12-13H2,1H3/t16-,17-,18+,19-,21+/m1/s1. The van der Waals surface area contributed by atoms with Crippen LogP contribution in [0, 0.1) is 0 Å². The molecule has 0 saturated carbocycles. The minimum atomic E-state index is -1.28. The van der Waals surface area contributed by atoms with Gasteiger partial charge in [0.2, 0.25) is 0 Å². The summed E-state index contributed by atoms with van der Waals surface area (Å²) < 4.78 is 22.7. The first kappa shape index (κ1) is 21.8. The van der Waals surface area contributed by atoms with Crippen LogP contribution in [-0.4, -0.2) is 55.4 Å². The van der Waals surface area contributed by atoms with Crippen LogP contribution in [0.2, 0.25) is 0 Å². The fraction of sp³-hybridized carbons (Fsp3) is 0.381. The highest BCUT2D eigenvalue weighted by Gasteiger charge is 2.48. The Morgan fingerprint density at radius 1 is 1.13 bits per heavy atom. The van der Waals surface area contributed by atoms with Gasteiger partial charge in [0.1, 0.15) is 12.2 Å². The van der Waals surface area contributed by atoms with E-state index in [4.69, 9.17) is 24.5 Å². The van der Waals surface area contributed by atoms with Gasteiger partial charge in [-0.05, 0) is 23.2 Å². The first-order valence-electron chi connectivity index (χ1n) is 9.42. The van der Waals surface area contributed by atoms with Crippen molar-refractivity contribution in [1.29, 1.82) is 0 Å². The summed E-state index contributed by atoms with van der Waals surface area (Å²) in [7, 11) is 1.42. The van der Waals surface area contributed by atoms with Crippen molar-refractivity contribution in [1.82, 2.24) is 0 Å². The summed E-state index contributed by atoms with van der Waals surface area (Å²) in [6.07, 6.45) is -5.14. The lowest BCUT2D eigenvalue weighted by molar-refractivity contribution is -0.298. The number of aliphatic hydroxyl groups is 1. The minimum absolute atomic E-state index is 0.150. The molecule has 0 aromatic heterocycles. The molecule has 30 heavy (non-hydrogen) atoms. The number of aliphatic hydroxyl groups excluding tert-OH is 1. The molecule has 1 fully saturated rings. The second kappa shape index (κ2) is 10.7. The van der Waals surface area contributed by atoms with Gasteiger partial charge < -0.3 is 24.1 Å². The Kier molecular flexibility index (Phi) is 7.78. The number of carbonyl (C=O) groups excluding carboxylic acids is 1. The lowest BCUT2D eigenvalue weighted by atomic mass is 9.98. The molecular weight excluding hydrogens is 390 g/mol. The number of esters is 1. The molecule has 1 aliphatic rings. The first-order chi connectivity index (χ1) is 14.6. The molecule has 2 aromatic carbocycles. The number of hydrogen-bond acceptors (Lipinski definition) is 7. The molecule has 1 N–H and O–H groups in total. The molecule has 158 valence electrons. The quantitative estimate of drug-likeness (QED) is 0.307. The highest BCUT2D eigenvalue weighted by Crippen LogP contribution is 2.28. The van der Waals surface area contributed by atoms with Gasteiger partial charge in [-0.25, -0.2) is 4.79 Å². The van der Waals surface area contributed by atoms with Crippen molar-refractivity contribution in [2.45, 2.75) is 37.3 Å². The van der Waals surface area contributed by atoms with Crippen LogP contribution in [0.4, 0.5) is 0 Å². The molecule has 1 saturated heterocycles. The molecule has 1 heterocycles. The zero-order valence-corrected chi connectivity index (χ0v) is 16.4. The van der Waals surface area contributed by atoms with E-state index in [1.54, 1.807) is 30.3 Å². The van der Waals surface area contributed by atoms with Gasteiger partial charge in [-0.2, -0.15) is 0 Å². The van der Waals surface area contributed by atoms with Gasteiger partial charge in [0.15, 0.2) is 12.4 Å². The summed E-state index contributed by atoms with van der Waals surface area (Å²) in [5, 5.41) is 14.3. The van der Waals surface area contributed by atoms with Crippen LogP contribution in [-0.2, 0) is 25.6 Å². The van der Waals surface area contributed by atoms with Crippen molar-refractivity contribution in [2.24, 2.45) is 5.11 Å². The number of nitrogens with zero attached hydrogens (tertiary/aromatic N) is 3. The van der Waals surface area contributed by atoms with E-state index in [1.165, 1.54) is 7.11 Å². The maximum absolute atomic E-state index is 12.6. The molecule has 0 unspecified atom stereocenters.